The lowest BCUT2D eigenvalue weighted by molar-refractivity contribution is -0.0594. The molecule has 0 radical (unpaired) electrons. The summed E-state index contributed by atoms with van der Waals surface area (Å²) < 4.78 is 4.76. The third kappa shape index (κ3) is 2.06. The van der Waals surface area contributed by atoms with E-state index in [-0.39, 0.29) is 22.8 Å². The SMILES string of the molecule is CCc1nc(C(=O)ON2C(=O)c3ccccc3C2=O)no1. The molecule has 0 N–H and O–H groups in total. The summed E-state index contributed by atoms with van der Waals surface area (Å²) in [5.74, 6) is -2.54. The van der Waals surface area contributed by atoms with E-state index < -0.39 is 17.8 Å². The van der Waals surface area contributed by atoms with Crippen LogP contribution in [0.3, 0.4) is 0 Å². The number of hydrogen-bond acceptors (Lipinski definition) is 7. The van der Waals surface area contributed by atoms with E-state index in [0.29, 0.717) is 11.5 Å². The Morgan fingerprint density at radius 3 is 2.38 bits per heavy atom. The molecule has 1 aliphatic rings. The van der Waals surface area contributed by atoms with Crippen LogP contribution in [0.25, 0.3) is 0 Å². The number of carbonyl (C=O) groups excluding carboxylic acids is 3. The molecule has 1 aliphatic heterocycles. The van der Waals surface area contributed by atoms with E-state index in [1.807, 2.05) is 0 Å². The normalized spacial score (nSPS) is 13.5. The van der Waals surface area contributed by atoms with Gasteiger partial charge >= 0.3 is 5.97 Å². The largest absolute Gasteiger partial charge is 0.404 e. The Morgan fingerprint density at radius 1 is 1.24 bits per heavy atom. The van der Waals surface area contributed by atoms with Crippen molar-refractivity contribution in [3.8, 4) is 0 Å². The molecule has 0 bridgehead atoms. The number of amides is 2. The van der Waals surface area contributed by atoms with E-state index in [0.717, 1.165) is 0 Å². The van der Waals surface area contributed by atoms with Gasteiger partial charge in [0.1, 0.15) is 0 Å². The number of benzene rings is 1. The summed E-state index contributed by atoms with van der Waals surface area (Å²) in [4.78, 5) is 44.4. The molecule has 0 unspecified atom stereocenters. The van der Waals surface area contributed by atoms with Gasteiger partial charge in [0.2, 0.25) is 5.89 Å². The molecule has 0 fully saturated rings. The van der Waals surface area contributed by atoms with Gasteiger partial charge in [-0.15, -0.1) is 0 Å². The molecule has 1 aromatic carbocycles. The number of aryl methyl sites for hydroxylation is 1. The lowest BCUT2D eigenvalue weighted by Crippen LogP contribution is -2.33. The van der Waals surface area contributed by atoms with E-state index >= 15 is 0 Å². The second-order valence-electron chi connectivity index (χ2n) is 4.19. The second kappa shape index (κ2) is 4.82. The zero-order valence-electron chi connectivity index (χ0n) is 10.9. The third-order valence-electron chi connectivity index (χ3n) is 2.88. The van der Waals surface area contributed by atoms with Gasteiger partial charge in [-0.3, -0.25) is 9.59 Å². The standard InChI is InChI=1S/C13H9N3O5/c1-2-9-14-10(15-20-9)13(19)21-16-11(17)7-5-3-4-6-8(7)12(16)18/h3-6H,2H2,1H3. The van der Waals surface area contributed by atoms with Crippen molar-refractivity contribution in [2.45, 2.75) is 13.3 Å². The molecule has 8 heteroatoms. The molecule has 0 atom stereocenters. The summed E-state index contributed by atoms with van der Waals surface area (Å²) in [6.07, 6.45) is 0.452. The Kier molecular flexibility index (Phi) is 2.98. The first-order chi connectivity index (χ1) is 10.1. The average molecular weight is 287 g/mol. The number of aromatic nitrogens is 2. The highest BCUT2D eigenvalue weighted by Crippen LogP contribution is 2.23. The molecule has 1 aromatic heterocycles. The van der Waals surface area contributed by atoms with Crippen LogP contribution in [-0.2, 0) is 11.3 Å². The van der Waals surface area contributed by atoms with Gasteiger partial charge in [-0.2, -0.15) is 4.98 Å². The molecule has 21 heavy (non-hydrogen) atoms. The lowest BCUT2D eigenvalue weighted by atomic mass is 10.1. The quantitative estimate of drug-likeness (QED) is 0.776. The summed E-state index contributed by atoms with van der Waals surface area (Å²) in [7, 11) is 0. The summed E-state index contributed by atoms with van der Waals surface area (Å²) in [6, 6.07) is 6.18. The van der Waals surface area contributed by atoms with Crippen LogP contribution in [0, 0.1) is 0 Å². The molecule has 2 heterocycles. The molecule has 106 valence electrons. The summed E-state index contributed by atoms with van der Waals surface area (Å²) in [6.45, 7) is 1.77. The van der Waals surface area contributed by atoms with Gasteiger partial charge in [-0.25, -0.2) is 4.79 Å². The van der Waals surface area contributed by atoms with Gasteiger partial charge in [-0.1, -0.05) is 24.1 Å². The Labute approximate surface area is 118 Å². The topological polar surface area (TPSA) is 103 Å². The smallest absolute Gasteiger partial charge is 0.339 e. The van der Waals surface area contributed by atoms with Crippen LogP contribution in [0.4, 0.5) is 0 Å². The number of fused-ring (bicyclic) bond motifs is 1. The van der Waals surface area contributed by atoms with Crippen molar-refractivity contribution in [1.82, 2.24) is 15.2 Å². The first-order valence-corrected chi connectivity index (χ1v) is 6.14. The number of carbonyl (C=O) groups is 3. The molecular weight excluding hydrogens is 278 g/mol. The maximum absolute atomic E-state index is 12.0. The number of hydroxylamine groups is 2. The highest BCUT2D eigenvalue weighted by Gasteiger charge is 2.39. The van der Waals surface area contributed by atoms with Crippen molar-refractivity contribution in [1.29, 1.82) is 0 Å². The van der Waals surface area contributed by atoms with Crippen LogP contribution < -0.4 is 0 Å². The van der Waals surface area contributed by atoms with Gasteiger partial charge < -0.3 is 9.36 Å². The van der Waals surface area contributed by atoms with E-state index in [9.17, 15) is 14.4 Å². The van der Waals surface area contributed by atoms with Crippen LogP contribution in [0.15, 0.2) is 28.8 Å². The van der Waals surface area contributed by atoms with Crippen molar-refractivity contribution in [3.63, 3.8) is 0 Å². The molecule has 0 spiro atoms. The Balaban J connectivity index is 1.82. The summed E-state index contributed by atoms with van der Waals surface area (Å²) >= 11 is 0. The fourth-order valence-corrected chi connectivity index (χ4v) is 1.86. The monoisotopic (exact) mass is 287 g/mol. The van der Waals surface area contributed by atoms with E-state index in [4.69, 9.17) is 9.36 Å². The first kappa shape index (κ1) is 13.0. The predicted octanol–water partition coefficient (Wildman–Crippen LogP) is 1.00. The maximum atomic E-state index is 12.0. The zero-order valence-corrected chi connectivity index (χ0v) is 10.9. The van der Waals surface area contributed by atoms with E-state index in [1.54, 1.807) is 19.1 Å². The van der Waals surface area contributed by atoms with Crippen LogP contribution in [0.2, 0.25) is 0 Å². The van der Waals surface area contributed by atoms with Crippen molar-refractivity contribution >= 4 is 17.8 Å². The highest BCUT2D eigenvalue weighted by atomic mass is 16.7. The van der Waals surface area contributed by atoms with Crippen LogP contribution in [0.1, 0.15) is 44.1 Å². The average Bonchev–Trinajstić information content (AvgIpc) is 3.07. The maximum Gasteiger partial charge on any atom is 0.404 e. The van der Waals surface area contributed by atoms with Crippen molar-refractivity contribution < 1.29 is 23.7 Å². The van der Waals surface area contributed by atoms with Crippen molar-refractivity contribution in [2.75, 3.05) is 0 Å². The molecule has 0 saturated carbocycles. The minimum atomic E-state index is -1.03. The Hall–Kier alpha value is -3.03. The van der Waals surface area contributed by atoms with Crippen molar-refractivity contribution in [2.24, 2.45) is 0 Å². The lowest BCUT2D eigenvalue weighted by Gasteiger charge is -2.10. The van der Waals surface area contributed by atoms with Crippen LogP contribution in [-0.4, -0.2) is 33.0 Å². The molecule has 2 amide bonds. The Morgan fingerprint density at radius 2 is 1.86 bits per heavy atom. The van der Waals surface area contributed by atoms with E-state index in [2.05, 4.69) is 10.1 Å². The Bertz CT molecular complexity index is 717. The van der Waals surface area contributed by atoms with E-state index in [1.165, 1.54) is 12.1 Å². The molecule has 2 aromatic rings. The predicted molar refractivity (Wildman–Crippen MR) is 66.0 cm³/mol. The van der Waals surface area contributed by atoms with Gasteiger partial charge in [-0.05, 0) is 17.3 Å². The first-order valence-electron chi connectivity index (χ1n) is 6.14. The fourth-order valence-electron chi connectivity index (χ4n) is 1.86. The summed E-state index contributed by atoms with van der Waals surface area (Å²) in [5, 5.41) is 3.82. The number of hydrogen-bond donors (Lipinski definition) is 0. The molecule has 8 nitrogen and oxygen atoms in total. The second-order valence-corrected chi connectivity index (χ2v) is 4.19. The van der Waals surface area contributed by atoms with Crippen molar-refractivity contribution in [3.05, 3.63) is 47.1 Å². The number of imide groups is 1. The van der Waals surface area contributed by atoms with Gasteiger partial charge in [0, 0.05) is 6.42 Å². The minimum absolute atomic E-state index is 0.178. The molecule has 0 saturated heterocycles. The fraction of sp³-hybridized carbons (Fsp3) is 0.154. The minimum Gasteiger partial charge on any atom is -0.339 e. The highest BCUT2D eigenvalue weighted by molar-refractivity contribution is 6.21. The molecular formula is C13H9N3O5. The summed E-state index contributed by atoms with van der Waals surface area (Å²) in [5.41, 5.74) is 0.357. The molecule has 3 rings (SSSR count). The van der Waals surface area contributed by atoms with Crippen LogP contribution >= 0.6 is 0 Å². The zero-order chi connectivity index (χ0) is 15.0. The molecule has 0 aliphatic carbocycles. The van der Waals surface area contributed by atoms with Gasteiger partial charge in [0.25, 0.3) is 17.6 Å². The number of rotatable bonds is 3. The van der Waals surface area contributed by atoms with Gasteiger partial charge in [0.05, 0.1) is 11.1 Å². The third-order valence-corrected chi connectivity index (χ3v) is 2.88. The number of nitrogens with zero attached hydrogens (tertiary/aromatic N) is 3. The van der Waals surface area contributed by atoms with Gasteiger partial charge in [0.15, 0.2) is 0 Å². The van der Waals surface area contributed by atoms with Crippen LogP contribution in [0.5, 0.6) is 0 Å².